The Kier molecular flexibility index (Phi) is 1.50. The van der Waals surface area contributed by atoms with E-state index in [2.05, 4.69) is 0 Å². The molecule has 0 unspecified atom stereocenters. The summed E-state index contributed by atoms with van der Waals surface area (Å²) in [6.45, 7) is 1.84. The van der Waals surface area contributed by atoms with Gasteiger partial charge < -0.3 is 4.74 Å². The molecule has 0 atom stereocenters. The maximum Gasteiger partial charge on any atom is 0.319 e. The largest absolute Gasteiger partial charge is 0.393 e. The maximum absolute atomic E-state index is 11.2. The number of hydrogen-bond acceptors (Lipinski definition) is 3. The molecule has 0 heterocycles. The normalized spacial score (nSPS) is 24.8. The molecule has 2 fully saturated rings. The van der Waals surface area contributed by atoms with Crippen molar-refractivity contribution in [2.24, 2.45) is 11.3 Å². The SMILES string of the molecule is CC1(C(=O)OC(=O)C2CC2)CC1. The highest BCUT2D eigenvalue weighted by Crippen LogP contribution is 2.46. The number of carbonyl (C=O) groups excluding carboxylic acids is 2. The van der Waals surface area contributed by atoms with Crippen LogP contribution < -0.4 is 0 Å². The lowest BCUT2D eigenvalue weighted by Gasteiger charge is -2.05. The van der Waals surface area contributed by atoms with E-state index in [4.69, 9.17) is 4.74 Å². The summed E-state index contributed by atoms with van der Waals surface area (Å²) in [4.78, 5) is 22.3. The first-order valence-electron chi connectivity index (χ1n) is 4.38. The quantitative estimate of drug-likeness (QED) is 0.460. The lowest BCUT2D eigenvalue weighted by Crippen LogP contribution is -2.20. The topological polar surface area (TPSA) is 43.4 Å². The van der Waals surface area contributed by atoms with Crippen LogP contribution in [0.3, 0.4) is 0 Å². The molecule has 0 aromatic rings. The van der Waals surface area contributed by atoms with Gasteiger partial charge in [-0.15, -0.1) is 0 Å². The standard InChI is InChI=1S/C9H12O3/c1-9(4-5-9)8(11)12-7(10)6-2-3-6/h6H,2-5H2,1H3. The molecule has 66 valence electrons. The van der Waals surface area contributed by atoms with Crippen LogP contribution in [0.15, 0.2) is 0 Å². The monoisotopic (exact) mass is 168 g/mol. The average molecular weight is 168 g/mol. The van der Waals surface area contributed by atoms with Crippen LogP contribution in [0.5, 0.6) is 0 Å². The Labute approximate surface area is 71.1 Å². The van der Waals surface area contributed by atoms with Crippen LogP contribution in [-0.2, 0) is 14.3 Å². The lowest BCUT2D eigenvalue weighted by molar-refractivity contribution is -0.164. The van der Waals surface area contributed by atoms with Gasteiger partial charge in [0.05, 0.1) is 11.3 Å². The third-order valence-corrected chi connectivity index (χ3v) is 2.60. The van der Waals surface area contributed by atoms with E-state index in [9.17, 15) is 9.59 Å². The van der Waals surface area contributed by atoms with E-state index < -0.39 is 0 Å². The van der Waals surface area contributed by atoms with Gasteiger partial charge in [-0.1, -0.05) is 0 Å². The Hall–Kier alpha value is -0.860. The zero-order chi connectivity index (χ0) is 8.77. The number of hydrogen-bond donors (Lipinski definition) is 0. The molecular weight excluding hydrogens is 156 g/mol. The van der Waals surface area contributed by atoms with Crippen molar-refractivity contribution in [2.45, 2.75) is 32.6 Å². The number of carbonyl (C=O) groups is 2. The molecule has 0 saturated heterocycles. The zero-order valence-electron chi connectivity index (χ0n) is 7.13. The molecule has 2 aliphatic rings. The zero-order valence-corrected chi connectivity index (χ0v) is 7.13. The van der Waals surface area contributed by atoms with Gasteiger partial charge in [0.2, 0.25) is 0 Å². The van der Waals surface area contributed by atoms with Gasteiger partial charge in [0.1, 0.15) is 0 Å². The van der Waals surface area contributed by atoms with E-state index >= 15 is 0 Å². The molecule has 0 radical (unpaired) electrons. The van der Waals surface area contributed by atoms with Gasteiger partial charge in [0.15, 0.2) is 0 Å². The molecule has 0 aromatic heterocycles. The Morgan fingerprint density at radius 2 is 1.92 bits per heavy atom. The summed E-state index contributed by atoms with van der Waals surface area (Å²) in [7, 11) is 0. The molecule has 2 saturated carbocycles. The van der Waals surface area contributed by atoms with Crippen molar-refractivity contribution in [3.63, 3.8) is 0 Å². The van der Waals surface area contributed by atoms with Crippen molar-refractivity contribution in [1.29, 1.82) is 0 Å². The molecule has 0 N–H and O–H groups in total. The van der Waals surface area contributed by atoms with Crippen molar-refractivity contribution in [1.82, 2.24) is 0 Å². The van der Waals surface area contributed by atoms with E-state index in [0.717, 1.165) is 25.7 Å². The summed E-state index contributed by atoms with van der Waals surface area (Å²) in [6.07, 6.45) is 3.51. The first kappa shape index (κ1) is 7.77. The van der Waals surface area contributed by atoms with Crippen molar-refractivity contribution in [3.05, 3.63) is 0 Å². The minimum Gasteiger partial charge on any atom is -0.393 e. The third kappa shape index (κ3) is 1.36. The molecule has 0 aliphatic heterocycles. The van der Waals surface area contributed by atoms with Gasteiger partial charge in [-0.05, 0) is 32.6 Å². The second-order valence-electron chi connectivity index (χ2n) is 4.04. The Balaban J connectivity index is 1.85. The van der Waals surface area contributed by atoms with Crippen LogP contribution in [-0.4, -0.2) is 11.9 Å². The van der Waals surface area contributed by atoms with E-state index in [1.54, 1.807) is 0 Å². The van der Waals surface area contributed by atoms with Crippen LogP contribution in [0.25, 0.3) is 0 Å². The first-order chi connectivity index (χ1) is 5.62. The van der Waals surface area contributed by atoms with Crippen molar-refractivity contribution >= 4 is 11.9 Å². The highest BCUT2D eigenvalue weighted by Gasteiger charge is 2.48. The van der Waals surface area contributed by atoms with E-state index in [1.807, 2.05) is 6.92 Å². The summed E-state index contributed by atoms with van der Waals surface area (Å²) in [5.74, 6) is -0.608. The van der Waals surface area contributed by atoms with Crippen molar-refractivity contribution in [2.75, 3.05) is 0 Å². The predicted molar refractivity (Wildman–Crippen MR) is 41.2 cm³/mol. The minimum atomic E-state index is -0.329. The number of esters is 2. The second kappa shape index (κ2) is 2.31. The van der Waals surface area contributed by atoms with Crippen LogP contribution >= 0.6 is 0 Å². The van der Waals surface area contributed by atoms with Gasteiger partial charge in [0, 0.05) is 0 Å². The first-order valence-corrected chi connectivity index (χ1v) is 4.38. The lowest BCUT2D eigenvalue weighted by atomic mass is 10.1. The summed E-state index contributed by atoms with van der Waals surface area (Å²) in [5, 5.41) is 0. The third-order valence-electron chi connectivity index (χ3n) is 2.60. The smallest absolute Gasteiger partial charge is 0.319 e. The fourth-order valence-corrected chi connectivity index (χ4v) is 1.01. The van der Waals surface area contributed by atoms with E-state index in [1.165, 1.54) is 0 Å². The average Bonchev–Trinajstić information content (AvgIpc) is 2.79. The van der Waals surface area contributed by atoms with Gasteiger partial charge in [-0.25, -0.2) is 0 Å². The molecule has 2 rings (SSSR count). The highest BCUT2D eigenvalue weighted by atomic mass is 16.6. The Morgan fingerprint density at radius 3 is 2.33 bits per heavy atom. The van der Waals surface area contributed by atoms with Gasteiger partial charge in [0.25, 0.3) is 0 Å². The van der Waals surface area contributed by atoms with Crippen molar-refractivity contribution < 1.29 is 14.3 Å². The second-order valence-corrected chi connectivity index (χ2v) is 4.04. The van der Waals surface area contributed by atoms with E-state index in [-0.39, 0.29) is 23.3 Å². The molecule has 3 nitrogen and oxygen atoms in total. The molecule has 0 aromatic carbocycles. The molecule has 12 heavy (non-hydrogen) atoms. The van der Waals surface area contributed by atoms with Gasteiger partial charge in [-0.3, -0.25) is 9.59 Å². The van der Waals surface area contributed by atoms with Crippen LogP contribution in [0.2, 0.25) is 0 Å². The molecule has 0 bridgehead atoms. The molecule has 0 amide bonds. The van der Waals surface area contributed by atoms with Crippen LogP contribution in [0, 0.1) is 11.3 Å². The van der Waals surface area contributed by atoms with E-state index in [0.29, 0.717) is 0 Å². The predicted octanol–water partition coefficient (Wildman–Crippen LogP) is 1.27. The van der Waals surface area contributed by atoms with Crippen LogP contribution in [0.1, 0.15) is 32.6 Å². The fraction of sp³-hybridized carbons (Fsp3) is 0.778. The number of rotatable bonds is 2. The summed E-state index contributed by atoms with van der Waals surface area (Å²) < 4.78 is 4.72. The molecular formula is C9H12O3. The highest BCUT2D eigenvalue weighted by molar-refractivity contribution is 5.91. The fourth-order valence-electron chi connectivity index (χ4n) is 1.01. The Bertz CT molecular complexity index is 236. The summed E-state index contributed by atoms with van der Waals surface area (Å²) >= 11 is 0. The van der Waals surface area contributed by atoms with Crippen molar-refractivity contribution in [3.8, 4) is 0 Å². The summed E-state index contributed by atoms with van der Waals surface area (Å²) in [5.41, 5.74) is -0.329. The summed E-state index contributed by atoms with van der Waals surface area (Å²) in [6, 6.07) is 0. The maximum atomic E-state index is 11.2. The number of ether oxygens (including phenoxy) is 1. The minimum absolute atomic E-state index is 0.0244. The van der Waals surface area contributed by atoms with Gasteiger partial charge >= 0.3 is 11.9 Å². The molecule has 0 spiro atoms. The van der Waals surface area contributed by atoms with Gasteiger partial charge in [-0.2, -0.15) is 0 Å². The molecule has 3 heteroatoms. The van der Waals surface area contributed by atoms with Crippen LogP contribution in [0.4, 0.5) is 0 Å². The molecule has 2 aliphatic carbocycles. The Morgan fingerprint density at radius 1 is 1.33 bits per heavy atom.